The lowest BCUT2D eigenvalue weighted by molar-refractivity contribution is 0.00382. The monoisotopic (exact) mass is 557 g/mol. The van der Waals surface area contributed by atoms with Crippen LogP contribution in [0.5, 0.6) is 0 Å². The molecular weight excluding hydrogens is 528 g/mol. The summed E-state index contributed by atoms with van der Waals surface area (Å²) >= 11 is 0. The molecule has 1 aliphatic rings. The summed E-state index contributed by atoms with van der Waals surface area (Å²) in [6, 6.07) is 3.45. The normalized spacial score (nSPS) is 15.1. The highest BCUT2D eigenvalue weighted by atomic mass is 32.2. The van der Waals surface area contributed by atoms with Crippen molar-refractivity contribution in [3.05, 3.63) is 71.3 Å². The molecule has 0 fully saturated rings. The zero-order chi connectivity index (χ0) is 27.9. The molecule has 0 radical (unpaired) electrons. The van der Waals surface area contributed by atoms with E-state index in [0.29, 0.717) is 23.4 Å². The maximum atomic E-state index is 15.1. The van der Waals surface area contributed by atoms with E-state index >= 15 is 8.78 Å². The number of benzene rings is 1. The Morgan fingerprint density at radius 2 is 1.79 bits per heavy atom. The fraction of sp³-hybridized carbons (Fsp3) is 0.423. The Labute approximate surface area is 225 Å². The Morgan fingerprint density at radius 1 is 1.05 bits per heavy atom. The van der Waals surface area contributed by atoms with Crippen molar-refractivity contribution in [1.29, 1.82) is 0 Å². The van der Waals surface area contributed by atoms with E-state index in [0.717, 1.165) is 35.4 Å². The standard InChI is InChI=1S/C26H29F2N7O3S/c1-15(2)38-25(21-13-29-16(3)11-30-21)17(4)39(36,37)14-23-32-33-26(18-12-31-34-10-6-9-22(18)34)35(23)24-19(27)7-5-8-20(24)28/h5,7-8,11-13,15,17,25H,6,9-10,14H2,1-4H3/t17-,25+/m0/s1. The lowest BCUT2D eigenvalue weighted by Crippen LogP contribution is -2.31. The second kappa shape index (κ2) is 10.5. The van der Waals surface area contributed by atoms with Crippen molar-refractivity contribution in [3.8, 4) is 17.1 Å². The third-order valence-corrected chi connectivity index (χ3v) is 8.74. The van der Waals surface area contributed by atoms with Crippen molar-refractivity contribution >= 4 is 9.84 Å². The van der Waals surface area contributed by atoms with Gasteiger partial charge in [0.15, 0.2) is 21.5 Å². The van der Waals surface area contributed by atoms with E-state index in [1.54, 1.807) is 37.8 Å². The van der Waals surface area contributed by atoms with Crippen LogP contribution in [-0.2, 0) is 33.3 Å². The number of rotatable bonds is 9. The maximum absolute atomic E-state index is 15.1. The summed E-state index contributed by atoms with van der Waals surface area (Å²) in [7, 11) is -4.02. The lowest BCUT2D eigenvalue weighted by Gasteiger charge is -2.25. The van der Waals surface area contributed by atoms with Gasteiger partial charge in [-0.3, -0.25) is 19.2 Å². The van der Waals surface area contributed by atoms with Gasteiger partial charge in [0.25, 0.3) is 0 Å². The Bertz CT molecular complexity index is 1580. The fourth-order valence-electron chi connectivity index (χ4n) is 4.74. The van der Waals surface area contributed by atoms with Gasteiger partial charge >= 0.3 is 0 Å². The SMILES string of the molecule is Cc1cnc([C@H](OC(C)C)[C@H](C)S(=O)(=O)Cc2nnc(-c3cnn4c3CCC4)n2-c2c(F)cccc2F)cn1. The number of aryl methyl sites for hydroxylation is 2. The highest BCUT2D eigenvalue weighted by Gasteiger charge is 2.36. The third kappa shape index (κ3) is 5.20. The first kappa shape index (κ1) is 27.0. The lowest BCUT2D eigenvalue weighted by atomic mass is 10.1. The number of sulfone groups is 1. The van der Waals surface area contributed by atoms with Gasteiger partial charge < -0.3 is 4.74 Å². The van der Waals surface area contributed by atoms with Crippen molar-refractivity contribution in [2.45, 2.75) is 70.3 Å². The summed E-state index contributed by atoms with van der Waals surface area (Å²) in [4.78, 5) is 8.57. The van der Waals surface area contributed by atoms with Gasteiger partial charge in [-0.2, -0.15) is 5.10 Å². The molecule has 206 valence electrons. The summed E-state index contributed by atoms with van der Waals surface area (Å²) in [6.07, 6.45) is 4.95. The fourth-order valence-corrected chi connectivity index (χ4v) is 6.13. The minimum absolute atomic E-state index is 0.124. The van der Waals surface area contributed by atoms with Gasteiger partial charge in [0.1, 0.15) is 29.2 Å². The van der Waals surface area contributed by atoms with E-state index in [2.05, 4.69) is 25.3 Å². The molecule has 39 heavy (non-hydrogen) atoms. The van der Waals surface area contributed by atoms with Crippen molar-refractivity contribution in [1.82, 2.24) is 34.5 Å². The largest absolute Gasteiger partial charge is 0.368 e. The van der Waals surface area contributed by atoms with Crippen LogP contribution < -0.4 is 0 Å². The molecule has 0 saturated carbocycles. The van der Waals surface area contributed by atoms with Crippen LogP contribution in [-0.4, -0.2) is 54.3 Å². The topological polar surface area (TPSA) is 118 Å². The molecule has 0 spiro atoms. The number of halogens is 2. The number of ether oxygens (including phenoxy) is 1. The molecule has 0 amide bonds. The van der Waals surface area contributed by atoms with E-state index in [-0.39, 0.29) is 17.8 Å². The van der Waals surface area contributed by atoms with Gasteiger partial charge in [-0.1, -0.05) is 6.07 Å². The van der Waals surface area contributed by atoms with Crippen LogP contribution in [0.1, 0.15) is 56.2 Å². The van der Waals surface area contributed by atoms with E-state index < -0.39 is 44.3 Å². The molecule has 3 aromatic heterocycles. The Kier molecular flexibility index (Phi) is 7.29. The Morgan fingerprint density at radius 3 is 2.46 bits per heavy atom. The van der Waals surface area contributed by atoms with Crippen LogP contribution in [0.3, 0.4) is 0 Å². The molecule has 0 unspecified atom stereocenters. The Balaban J connectivity index is 1.59. The van der Waals surface area contributed by atoms with Gasteiger partial charge in [0, 0.05) is 18.4 Å². The van der Waals surface area contributed by atoms with E-state index in [4.69, 9.17) is 4.74 Å². The van der Waals surface area contributed by atoms with Gasteiger partial charge in [-0.05, 0) is 52.7 Å². The predicted octanol–water partition coefficient (Wildman–Crippen LogP) is 3.92. The van der Waals surface area contributed by atoms with Crippen LogP contribution in [0.15, 0.2) is 36.8 Å². The van der Waals surface area contributed by atoms with E-state index in [1.807, 2.05) is 0 Å². The molecule has 0 saturated heterocycles. The van der Waals surface area contributed by atoms with Crippen molar-refractivity contribution in [2.24, 2.45) is 0 Å². The second-order valence-electron chi connectivity index (χ2n) is 9.88. The number of aromatic nitrogens is 7. The quantitative estimate of drug-likeness (QED) is 0.304. The number of fused-ring (bicyclic) bond motifs is 1. The molecular formula is C26H29F2N7O3S. The minimum atomic E-state index is -4.02. The van der Waals surface area contributed by atoms with Gasteiger partial charge in [-0.25, -0.2) is 17.2 Å². The molecule has 10 nitrogen and oxygen atoms in total. The second-order valence-corrected chi connectivity index (χ2v) is 12.2. The number of nitrogens with zero attached hydrogens (tertiary/aromatic N) is 7. The van der Waals surface area contributed by atoms with Gasteiger partial charge in [-0.15, -0.1) is 10.2 Å². The van der Waals surface area contributed by atoms with Crippen LogP contribution >= 0.6 is 0 Å². The number of para-hydroxylation sites is 1. The van der Waals surface area contributed by atoms with Crippen LogP contribution in [0.25, 0.3) is 17.1 Å². The molecule has 0 aliphatic carbocycles. The Hall–Kier alpha value is -3.58. The highest BCUT2D eigenvalue weighted by Crippen LogP contribution is 2.33. The predicted molar refractivity (Wildman–Crippen MR) is 139 cm³/mol. The molecule has 0 bridgehead atoms. The zero-order valence-electron chi connectivity index (χ0n) is 22.0. The molecule has 4 aromatic rings. The molecule has 1 aromatic carbocycles. The molecule has 5 rings (SSSR count). The maximum Gasteiger partial charge on any atom is 0.172 e. The van der Waals surface area contributed by atoms with Crippen LogP contribution in [0, 0.1) is 18.6 Å². The first-order valence-corrected chi connectivity index (χ1v) is 14.4. The number of hydrogen-bond acceptors (Lipinski definition) is 8. The summed E-state index contributed by atoms with van der Waals surface area (Å²) < 4.78 is 66.7. The zero-order valence-corrected chi connectivity index (χ0v) is 22.9. The highest BCUT2D eigenvalue weighted by molar-refractivity contribution is 7.91. The summed E-state index contributed by atoms with van der Waals surface area (Å²) in [6.45, 7) is 7.59. The first-order chi connectivity index (χ1) is 18.6. The summed E-state index contributed by atoms with van der Waals surface area (Å²) in [5, 5.41) is 11.6. The van der Waals surface area contributed by atoms with Gasteiger partial charge in [0.2, 0.25) is 0 Å². The smallest absolute Gasteiger partial charge is 0.172 e. The molecule has 13 heteroatoms. The van der Waals surface area contributed by atoms with Crippen molar-refractivity contribution < 1.29 is 21.9 Å². The van der Waals surface area contributed by atoms with Crippen molar-refractivity contribution in [3.63, 3.8) is 0 Å². The van der Waals surface area contributed by atoms with Crippen molar-refractivity contribution in [2.75, 3.05) is 0 Å². The first-order valence-electron chi connectivity index (χ1n) is 12.7. The summed E-state index contributed by atoms with van der Waals surface area (Å²) in [5.41, 5.74) is 1.99. The van der Waals surface area contributed by atoms with E-state index in [1.165, 1.54) is 19.2 Å². The van der Waals surface area contributed by atoms with Crippen LogP contribution in [0.2, 0.25) is 0 Å². The third-order valence-electron chi connectivity index (χ3n) is 6.70. The molecule has 0 N–H and O–H groups in total. The number of hydrogen-bond donors (Lipinski definition) is 0. The van der Waals surface area contributed by atoms with Gasteiger partial charge in [0.05, 0.1) is 40.7 Å². The minimum Gasteiger partial charge on any atom is -0.368 e. The molecule has 2 atom stereocenters. The summed E-state index contributed by atoms with van der Waals surface area (Å²) in [5.74, 6) is -2.39. The average Bonchev–Trinajstić information content (AvgIpc) is 3.59. The average molecular weight is 558 g/mol. The van der Waals surface area contributed by atoms with E-state index in [9.17, 15) is 8.42 Å². The molecule has 1 aliphatic heterocycles. The van der Waals surface area contributed by atoms with Crippen LogP contribution in [0.4, 0.5) is 8.78 Å². The molecule has 4 heterocycles.